The number of hydrogen-bond acceptors (Lipinski definition) is 6. The van der Waals surface area contributed by atoms with E-state index in [1.807, 2.05) is 12.1 Å². The monoisotopic (exact) mass is 408 g/mol. The van der Waals surface area contributed by atoms with Crippen molar-refractivity contribution in [1.29, 1.82) is 0 Å². The average molecular weight is 408 g/mol. The Labute approximate surface area is 177 Å². The van der Waals surface area contributed by atoms with Gasteiger partial charge in [-0.3, -0.25) is 0 Å². The molecule has 158 valence electrons. The maximum Gasteiger partial charge on any atom is 0.161 e. The molecular weight excluding hydrogens is 380 g/mol. The molecule has 0 unspecified atom stereocenters. The summed E-state index contributed by atoms with van der Waals surface area (Å²) in [7, 11) is 6.64. The van der Waals surface area contributed by atoms with Crippen LogP contribution in [0.1, 0.15) is 47.9 Å². The molecule has 0 aliphatic heterocycles. The fraction of sp³-hybridized carbons (Fsp3) is 0.417. The Hall–Kier alpha value is -3.02. The van der Waals surface area contributed by atoms with Gasteiger partial charge in [-0.25, -0.2) is 0 Å². The lowest BCUT2D eigenvalue weighted by atomic mass is 9.89. The number of aryl methyl sites for hydroxylation is 2. The van der Waals surface area contributed by atoms with Crippen molar-refractivity contribution in [1.82, 2.24) is 0 Å². The molecule has 0 radical (unpaired) electrons. The highest BCUT2D eigenvalue weighted by Gasteiger charge is 2.22. The predicted octanol–water partition coefficient (Wildman–Crippen LogP) is 4.59. The van der Waals surface area contributed by atoms with E-state index in [1.165, 1.54) is 11.1 Å². The SMILES string of the molecule is COc1cc2c(cc1OC)/C(=N\N=C1\CCCc3cc(OC)c(OC)cc31)CCC2. The summed E-state index contributed by atoms with van der Waals surface area (Å²) in [6.07, 6.45) is 5.91. The Morgan fingerprint density at radius 3 is 1.27 bits per heavy atom. The van der Waals surface area contributed by atoms with Gasteiger partial charge >= 0.3 is 0 Å². The van der Waals surface area contributed by atoms with Crippen molar-refractivity contribution in [2.45, 2.75) is 38.5 Å². The fourth-order valence-electron chi connectivity index (χ4n) is 4.28. The van der Waals surface area contributed by atoms with Crippen LogP contribution in [0.2, 0.25) is 0 Å². The zero-order chi connectivity index (χ0) is 21.1. The third-order valence-electron chi connectivity index (χ3n) is 5.85. The summed E-state index contributed by atoms with van der Waals surface area (Å²) in [5, 5.41) is 9.42. The van der Waals surface area contributed by atoms with Crippen LogP contribution in [0.5, 0.6) is 23.0 Å². The van der Waals surface area contributed by atoms with Crippen molar-refractivity contribution in [2.24, 2.45) is 10.2 Å². The van der Waals surface area contributed by atoms with Gasteiger partial charge in [0.25, 0.3) is 0 Å². The normalized spacial score (nSPS) is 18.0. The second kappa shape index (κ2) is 8.78. The average Bonchev–Trinajstić information content (AvgIpc) is 2.80. The molecule has 0 aromatic heterocycles. The van der Waals surface area contributed by atoms with Gasteiger partial charge in [0.15, 0.2) is 23.0 Å². The van der Waals surface area contributed by atoms with Gasteiger partial charge < -0.3 is 18.9 Å². The van der Waals surface area contributed by atoms with Gasteiger partial charge in [-0.1, -0.05) is 0 Å². The molecule has 2 aromatic rings. The second-order valence-electron chi connectivity index (χ2n) is 7.53. The lowest BCUT2D eigenvalue weighted by Gasteiger charge is -2.21. The van der Waals surface area contributed by atoms with Crippen LogP contribution >= 0.6 is 0 Å². The quantitative estimate of drug-likeness (QED) is 0.679. The smallest absolute Gasteiger partial charge is 0.161 e. The number of nitrogens with zero attached hydrogens (tertiary/aromatic N) is 2. The molecule has 0 saturated carbocycles. The summed E-state index contributed by atoms with van der Waals surface area (Å²) < 4.78 is 21.9. The molecular formula is C24H28N2O4. The lowest BCUT2D eigenvalue weighted by Crippen LogP contribution is -2.14. The van der Waals surface area contributed by atoms with Gasteiger partial charge in [0, 0.05) is 11.1 Å². The number of ether oxygens (including phenoxy) is 4. The molecule has 6 nitrogen and oxygen atoms in total. The molecule has 6 heteroatoms. The van der Waals surface area contributed by atoms with E-state index in [1.54, 1.807) is 28.4 Å². The molecule has 0 heterocycles. The van der Waals surface area contributed by atoms with Gasteiger partial charge in [0.2, 0.25) is 0 Å². The van der Waals surface area contributed by atoms with Crippen molar-refractivity contribution in [3.8, 4) is 23.0 Å². The first-order valence-electron chi connectivity index (χ1n) is 10.3. The van der Waals surface area contributed by atoms with Crippen LogP contribution in [0, 0.1) is 0 Å². The maximum atomic E-state index is 5.50. The first kappa shape index (κ1) is 20.3. The summed E-state index contributed by atoms with van der Waals surface area (Å²) >= 11 is 0. The Bertz CT molecular complexity index is 929. The number of methoxy groups -OCH3 is 4. The summed E-state index contributed by atoms with van der Waals surface area (Å²) in [6, 6.07) is 8.16. The summed E-state index contributed by atoms with van der Waals surface area (Å²) in [4.78, 5) is 0. The van der Waals surface area contributed by atoms with E-state index in [0.717, 1.165) is 84.1 Å². The van der Waals surface area contributed by atoms with Crippen LogP contribution in [0.15, 0.2) is 34.5 Å². The summed E-state index contributed by atoms with van der Waals surface area (Å²) in [5.74, 6) is 2.95. The third kappa shape index (κ3) is 3.74. The molecule has 2 aliphatic rings. The van der Waals surface area contributed by atoms with Crippen LogP contribution in [0.25, 0.3) is 0 Å². The van der Waals surface area contributed by atoms with Gasteiger partial charge in [-0.15, -0.1) is 0 Å². The van der Waals surface area contributed by atoms with Crippen LogP contribution in [-0.2, 0) is 12.8 Å². The van der Waals surface area contributed by atoms with Crippen molar-refractivity contribution >= 4 is 11.4 Å². The molecule has 2 aliphatic carbocycles. The molecule has 2 aromatic carbocycles. The van der Waals surface area contributed by atoms with Crippen LogP contribution in [0.4, 0.5) is 0 Å². The highest BCUT2D eigenvalue weighted by Crippen LogP contribution is 2.36. The molecule has 0 fully saturated rings. The van der Waals surface area contributed by atoms with Gasteiger partial charge in [0.1, 0.15) is 0 Å². The maximum absolute atomic E-state index is 5.50. The molecule has 30 heavy (non-hydrogen) atoms. The lowest BCUT2D eigenvalue weighted by molar-refractivity contribution is 0.354. The number of benzene rings is 2. The van der Waals surface area contributed by atoms with Crippen LogP contribution in [0.3, 0.4) is 0 Å². The van der Waals surface area contributed by atoms with Crippen molar-refractivity contribution in [2.75, 3.05) is 28.4 Å². The van der Waals surface area contributed by atoms with Crippen molar-refractivity contribution in [3.63, 3.8) is 0 Å². The van der Waals surface area contributed by atoms with E-state index in [2.05, 4.69) is 12.1 Å². The van der Waals surface area contributed by atoms with E-state index in [4.69, 9.17) is 29.2 Å². The molecule has 4 rings (SSSR count). The Kier molecular flexibility index (Phi) is 5.93. The molecule has 0 spiro atoms. The first-order valence-corrected chi connectivity index (χ1v) is 10.3. The Morgan fingerprint density at radius 1 is 0.533 bits per heavy atom. The molecule has 0 bridgehead atoms. The number of hydrogen-bond donors (Lipinski definition) is 0. The topological polar surface area (TPSA) is 61.6 Å². The van der Waals surface area contributed by atoms with Crippen LogP contribution < -0.4 is 18.9 Å². The second-order valence-corrected chi connectivity index (χ2v) is 7.53. The molecule has 0 atom stereocenters. The summed E-state index contributed by atoms with van der Waals surface area (Å²) in [5.41, 5.74) is 6.66. The van der Waals surface area contributed by atoms with Gasteiger partial charge in [-0.2, -0.15) is 10.2 Å². The minimum absolute atomic E-state index is 0.721. The molecule has 0 saturated heterocycles. The Balaban J connectivity index is 1.73. The molecule has 0 N–H and O–H groups in total. The van der Waals surface area contributed by atoms with E-state index in [0.29, 0.717) is 0 Å². The van der Waals surface area contributed by atoms with Gasteiger partial charge in [0.05, 0.1) is 39.9 Å². The standard InChI is InChI=1S/C24H28N2O4/c1-27-21-11-15-7-5-9-19(17(15)13-23(21)29-3)25-26-20-10-6-8-16-12-22(28-2)24(30-4)14-18(16)20/h11-14H,5-10H2,1-4H3/b25-19-,26-20-. The zero-order valence-corrected chi connectivity index (χ0v) is 18.1. The van der Waals surface area contributed by atoms with Gasteiger partial charge in [-0.05, 0) is 73.9 Å². The van der Waals surface area contributed by atoms with E-state index in [9.17, 15) is 0 Å². The largest absolute Gasteiger partial charge is 0.493 e. The Morgan fingerprint density at radius 2 is 0.900 bits per heavy atom. The van der Waals surface area contributed by atoms with Crippen molar-refractivity contribution < 1.29 is 18.9 Å². The highest BCUT2D eigenvalue weighted by atomic mass is 16.5. The minimum Gasteiger partial charge on any atom is -0.493 e. The van der Waals surface area contributed by atoms with Crippen LogP contribution in [-0.4, -0.2) is 39.9 Å². The van der Waals surface area contributed by atoms with E-state index < -0.39 is 0 Å². The van der Waals surface area contributed by atoms with Crippen molar-refractivity contribution in [3.05, 3.63) is 46.5 Å². The highest BCUT2D eigenvalue weighted by molar-refractivity contribution is 6.06. The zero-order valence-electron chi connectivity index (χ0n) is 18.1. The minimum atomic E-state index is 0.721. The summed E-state index contributed by atoms with van der Waals surface area (Å²) in [6.45, 7) is 0. The fourth-order valence-corrected chi connectivity index (χ4v) is 4.28. The number of fused-ring (bicyclic) bond motifs is 2. The van der Waals surface area contributed by atoms with E-state index >= 15 is 0 Å². The van der Waals surface area contributed by atoms with E-state index in [-0.39, 0.29) is 0 Å². The predicted molar refractivity (Wildman–Crippen MR) is 118 cm³/mol. The first-order chi connectivity index (χ1) is 14.7. The number of rotatable bonds is 5. The molecule has 0 amide bonds. The third-order valence-corrected chi connectivity index (χ3v) is 5.85.